The SMILES string of the molecule is CC[C@H](C)[C@@H](CCC(=O)N1CCC[C@H]1[C@H](OC)[C@@H](C)C(=O)N[C@H](C)[C@@H](O)c1ccccc1)N(C)C(=O)[C@@H](NC(=O)[C@H](C(C)C)N(C)C(=O)O)C(C)C. The average molecular weight is 732 g/mol. The summed E-state index contributed by atoms with van der Waals surface area (Å²) in [4.78, 5) is 70.7. The van der Waals surface area contributed by atoms with E-state index in [4.69, 9.17) is 4.74 Å². The maximum absolute atomic E-state index is 14.0. The molecule has 1 aliphatic rings. The van der Waals surface area contributed by atoms with Crippen LogP contribution in [-0.2, 0) is 23.9 Å². The van der Waals surface area contributed by atoms with E-state index in [-0.39, 0.29) is 54.0 Å². The molecule has 5 amide bonds. The molecular formula is C39H65N5O8. The Morgan fingerprint density at radius 1 is 0.923 bits per heavy atom. The molecule has 13 nitrogen and oxygen atoms in total. The molecule has 1 fully saturated rings. The Balaban J connectivity index is 2.16. The smallest absolute Gasteiger partial charge is 0.407 e. The number of nitrogens with one attached hydrogen (secondary N) is 2. The highest BCUT2D eigenvalue weighted by atomic mass is 16.5. The molecule has 1 aromatic carbocycles. The van der Waals surface area contributed by atoms with Crippen LogP contribution in [0.25, 0.3) is 0 Å². The number of amides is 5. The number of ether oxygens (including phenoxy) is 1. The van der Waals surface area contributed by atoms with Gasteiger partial charge in [-0.15, -0.1) is 0 Å². The van der Waals surface area contributed by atoms with Crippen LogP contribution in [0.4, 0.5) is 4.79 Å². The average Bonchev–Trinajstić information content (AvgIpc) is 3.59. The van der Waals surface area contributed by atoms with Gasteiger partial charge in [0, 0.05) is 40.2 Å². The lowest BCUT2D eigenvalue weighted by molar-refractivity contribution is -0.142. The third-order valence-corrected chi connectivity index (χ3v) is 10.8. The van der Waals surface area contributed by atoms with Crippen molar-refractivity contribution in [3.63, 3.8) is 0 Å². The first kappa shape index (κ1) is 44.5. The minimum atomic E-state index is -1.23. The van der Waals surface area contributed by atoms with Gasteiger partial charge in [-0.25, -0.2) is 4.79 Å². The molecule has 0 spiro atoms. The van der Waals surface area contributed by atoms with E-state index in [0.29, 0.717) is 24.9 Å². The molecule has 52 heavy (non-hydrogen) atoms. The molecule has 13 heteroatoms. The van der Waals surface area contributed by atoms with Crippen LogP contribution >= 0.6 is 0 Å². The summed E-state index contributed by atoms with van der Waals surface area (Å²) in [5.41, 5.74) is 0.703. The van der Waals surface area contributed by atoms with E-state index in [1.165, 1.54) is 7.05 Å². The fraction of sp³-hybridized carbons (Fsp3) is 0.718. The van der Waals surface area contributed by atoms with Crippen molar-refractivity contribution < 1.29 is 38.9 Å². The first-order chi connectivity index (χ1) is 24.4. The van der Waals surface area contributed by atoms with Crippen LogP contribution in [0.2, 0.25) is 0 Å². The predicted molar refractivity (Wildman–Crippen MR) is 200 cm³/mol. The molecule has 1 saturated heterocycles. The molecule has 4 N–H and O–H groups in total. The topological polar surface area (TPSA) is 169 Å². The first-order valence-corrected chi connectivity index (χ1v) is 18.8. The number of carbonyl (C=O) groups is 5. The monoisotopic (exact) mass is 731 g/mol. The lowest BCUT2D eigenvalue weighted by atomic mass is 9.91. The van der Waals surface area contributed by atoms with Crippen LogP contribution in [0.1, 0.15) is 99.2 Å². The Labute approximate surface area is 310 Å². The van der Waals surface area contributed by atoms with Gasteiger partial charge in [0.2, 0.25) is 23.6 Å². The van der Waals surface area contributed by atoms with Gasteiger partial charge in [-0.2, -0.15) is 0 Å². The van der Waals surface area contributed by atoms with Crippen molar-refractivity contribution >= 4 is 29.7 Å². The van der Waals surface area contributed by atoms with Crippen molar-refractivity contribution in [3.05, 3.63) is 35.9 Å². The second kappa shape index (κ2) is 20.5. The minimum absolute atomic E-state index is 0.0462. The molecule has 1 aliphatic heterocycles. The summed E-state index contributed by atoms with van der Waals surface area (Å²) in [6, 6.07) is 6.13. The summed E-state index contributed by atoms with van der Waals surface area (Å²) in [5, 5.41) is 26.1. The van der Waals surface area contributed by atoms with Gasteiger partial charge < -0.3 is 35.4 Å². The molecule has 294 valence electrons. The second-order valence-corrected chi connectivity index (χ2v) is 15.2. The van der Waals surface area contributed by atoms with Crippen LogP contribution in [-0.4, -0.2) is 119 Å². The van der Waals surface area contributed by atoms with Crippen molar-refractivity contribution in [1.82, 2.24) is 25.3 Å². The molecule has 0 aliphatic carbocycles. The van der Waals surface area contributed by atoms with Gasteiger partial charge in [-0.3, -0.25) is 24.1 Å². The van der Waals surface area contributed by atoms with Crippen LogP contribution in [0.3, 0.4) is 0 Å². The number of aliphatic hydroxyl groups excluding tert-OH is 1. The van der Waals surface area contributed by atoms with Gasteiger partial charge in [0.1, 0.15) is 12.1 Å². The summed E-state index contributed by atoms with van der Waals surface area (Å²) in [6.45, 7) is 15.3. The molecular weight excluding hydrogens is 666 g/mol. The number of aliphatic hydroxyl groups is 1. The fourth-order valence-electron chi connectivity index (χ4n) is 7.39. The summed E-state index contributed by atoms with van der Waals surface area (Å²) < 4.78 is 5.87. The van der Waals surface area contributed by atoms with Gasteiger partial charge >= 0.3 is 6.09 Å². The minimum Gasteiger partial charge on any atom is -0.465 e. The number of hydrogen-bond donors (Lipinski definition) is 4. The Morgan fingerprint density at radius 3 is 2.06 bits per heavy atom. The largest absolute Gasteiger partial charge is 0.465 e. The van der Waals surface area contributed by atoms with E-state index in [2.05, 4.69) is 10.6 Å². The van der Waals surface area contributed by atoms with Crippen molar-refractivity contribution in [2.45, 2.75) is 130 Å². The van der Waals surface area contributed by atoms with Crippen molar-refractivity contribution in [3.8, 4) is 0 Å². The molecule has 0 bridgehead atoms. The third kappa shape index (κ3) is 11.4. The first-order valence-electron chi connectivity index (χ1n) is 18.8. The number of carboxylic acid groups (broad SMARTS) is 1. The van der Waals surface area contributed by atoms with Crippen molar-refractivity contribution in [1.29, 1.82) is 0 Å². The number of rotatable bonds is 19. The zero-order chi connectivity index (χ0) is 39.4. The van der Waals surface area contributed by atoms with Crippen LogP contribution in [0.15, 0.2) is 30.3 Å². The molecule has 0 radical (unpaired) electrons. The Morgan fingerprint density at radius 2 is 1.54 bits per heavy atom. The Hall–Kier alpha value is -3.71. The van der Waals surface area contributed by atoms with E-state index in [1.807, 2.05) is 58.0 Å². The van der Waals surface area contributed by atoms with Crippen LogP contribution < -0.4 is 10.6 Å². The van der Waals surface area contributed by atoms with Gasteiger partial charge in [0.05, 0.1) is 30.2 Å². The van der Waals surface area contributed by atoms with Gasteiger partial charge in [0.15, 0.2) is 0 Å². The Kier molecular flexibility index (Phi) is 17.5. The third-order valence-electron chi connectivity index (χ3n) is 10.8. The van der Waals surface area contributed by atoms with Crippen LogP contribution in [0, 0.1) is 23.7 Å². The number of likely N-dealkylation sites (N-methyl/N-ethyl adjacent to an activating group) is 2. The predicted octanol–water partition coefficient (Wildman–Crippen LogP) is 4.30. The molecule has 9 atom stereocenters. The van der Waals surface area contributed by atoms with E-state index >= 15 is 0 Å². The van der Waals surface area contributed by atoms with Gasteiger partial charge in [0.25, 0.3) is 0 Å². The molecule has 1 aromatic rings. The molecule has 0 saturated carbocycles. The second-order valence-electron chi connectivity index (χ2n) is 15.2. The fourth-order valence-corrected chi connectivity index (χ4v) is 7.39. The van der Waals surface area contributed by atoms with Gasteiger partial charge in [-0.1, -0.05) is 85.2 Å². The summed E-state index contributed by atoms with van der Waals surface area (Å²) in [6.07, 6.45) is 0.113. The van der Waals surface area contributed by atoms with E-state index in [1.54, 1.807) is 51.7 Å². The normalized spacial score (nSPS) is 19.2. The molecule has 2 rings (SSSR count). The highest BCUT2D eigenvalue weighted by molar-refractivity contribution is 5.91. The van der Waals surface area contributed by atoms with E-state index < -0.39 is 48.3 Å². The number of likely N-dealkylation sites (tertiary alicyclic amines) is 1. The number of methoxy groups -OCH3 is 1. The quantitative estimate of drug-likeness (QED) is 0.163. The Bertz CT molecular complexity index is 1330. The molecule has 1 heterocycles. The summed E-state index contributed by atoms with van der Waals surface area (Å²) in [5.74, 6) is -2.33. The highest BCUT2D eigenvalue weighted by Crippen LogP contribution is 2.29. The standard InChI is InChI=1S/C39H65N5O8/c1-12-25(6)29(42(9)38(49)32(23(2)3)41-37(48)33(24(4)5)43(10)39(50)51)20-21-31(45)44-22-16-19-30(44)35(52-11)26(7)36(47)40-27(8)34(46)28-17-14-13-15-18-28/h13-15,17-18,23-27,29-30,32-35,46H,12,16,19-22H2,1-11H3,(H,40,47)(H,41,48)(H,50,51)/t25-,26+,27+,29+,30-,32-,33-,34+,35+/m0/s1. The summed E-state index contributed by atoms with van der Waals surface area (Å²) in [7, 11) is 4.59. The molecule has 0 unspecified atom stereocenters. The molecule has 0 aromatic heterocycles. The van der Waals surface area contributed by atoms with Gasteiger partial charge in [-0.05, 0) is 49.5 Å². The van der Waals surface area contributed by atoms with E-state index in [9.17, 15) is 34.2 Å². The number of carbonyl (C=O) groups excluding carboxylic acids is 4. The maximum atomic E-state index is 14.0. The van der Waals surface area contributed by atoms with E-state index in [0.717, 1.165) is 17.7 Å². The van der Waals surface area contributed by atoms with Crippen LogP contribution in [0.5, 0.6) is 0 Å². The highest BCUT2D eigenvalue weighted by Gasteiger charge is 2.41. The maximum Gasteiger partial charge on any atom is 0.407 e. The zero-order valence-electron chi connectivity index (χ0n) is 33.2. The van der Waals surface area contributed by atoms with Crippen molar-refractivity contribution in [2.24, 2.45) is 23.7 Å². The van der Waals surface area contributed by atoms with Crippen molar-refractivity contribution in [2.75, 3.05) is 27.7 Å². The lowest BCUT2D eigenvalue weighted by Crippen LogP contribution is -2.58. The zero-order valence-corrected chi connectivity index (χ0v) is 33.2. The number of nitrogens with zero attached hydrogens (tertiary/aromatic N) is 3. The lowest BCUT2D eigenvalue weighted by Gasteiger charge is -2.38. The number of hydrogen-bond acceptors (Lipinski definition) is 7. The summed E-state index contributed by atoms with van der Waals surface area (Å²) >= 11 is 0. The number of benzene rings is 1.